The maximum absolute atomic E-state index is 13.3. The average molecular weight is 397 g/mol. The molecule has 0 radical (unpaired) electrons. The number of hydrogen-bond acceptors (Lipinski definition) is 4. The third-order valence-corrected chi connectivity index (χ3v) is 6.02. The lowest BCUT2D eigenvalue weighted by Gasteiger charge is -2.24. The number of carboxylic acid groups (broad SMARTS) is 1. The molecule has 0 unspecified atom stereocenters. The summed E-state index contributed by atoms with van der Waals surface area (Å²) in [5.74, 6) is -1.31. The Morgan fingerprint density at radius 3 is 2.68 bits per heavy atom. The molecular weight excluding hydrogens is 381 g/mol. The number of amides is 1. The van der Waals surface area contributed by atoms with E-state index in [0.717, 1.165) is 21.8 Å². The van der Waals surface area contributed by atoms with E-state index < -0.39 is 11.8 Å². The van der Waals surface area contributed by atoms with Gasteiger partial charge in [-0.05, 0) is 35.4 Å². The normalized spacial score (nSPS) is 15.6. The molecule has 0 saturated carbocycles. The largest absolute Gasteiger partial charge is 0.497 e. The van der Waals surface area contributed by atoms with Crippen LogP contribution in [0.1, 0.15) is 32.5 Å². The van der Waals surface area contributed by atoms with Crippen molar-refractivity contribution in [2.75, 3.05) is 12.4 Å². The van der Waals surface area contributed by atoms with Crippen molar-refractivity contribution in [2.24, 2.45) is 0 Å². The minimum absolute atomic E-state index is 0.117. The van der Waals surface area contributed by atoms with Crippen molar-refractivity contribution >= 4 is 28.9 Å². The Balaban J connectivity index is 1.92. The van der Waals surface area contributed by atoms with Crippen LogP contribution < -0.4 is 10.1 Å². The second-order valence-corrected chi connectivity index (χ2v) is 7.49. The molecular formula is C21H16FNO4S. The van der Waals surface area contributed by atoms with Crippen LogP contribution in [0, 0.1) is 5.82 Å². The molecule has 2 heterocycles. The van der Waals surface area contributed by atoms with E-state index >= 15 is 0 Å². The third kappa shape index (κ3) is 3.14. The van der Waals surface area contributed by atoms with Gasteiger partial charge in [0.15, 0.2) is 0 Å². The molecule has 0 fully saturated rings. The SMILES string of the molecule is COc1cccc([C@@H]2CC(=O)Nc3c2sc(C(=O)O)c3-c2ccc(F)cc2)c1. The topological polar surface area (TPSA) is 75.6 Å². The molecule has 28 heavy (non-hydrogen) atoms. The number of ether oxygens (including phenoxy) is 1. The van der Waals surface area contributed by atoms with Crippen LogP contribution in [0.3, 0.4) is 0 Å². The van der Waals surface area contributed by atoms with Gasteiger partial charge < -0.3 is 15.2 Å². The van der Waals surface area contributed by atoms with E-state index in [1.807, 2.05) is 24.3 Å². The Labute approximate surface area is 164 Å². The van der Waals surface area contributed by atoms with Crippen LogP contribution in [0.2, 0.25) is 0 Å². The first-order valence-electron chi connectivity index (χ1n) is 8.57. The lowest BCUT2D eigenvalue weighted by atomic mass is 9.88. The third-order valence-electron chi connectivity index (χ3n) is 4.73. The lowest BCUT2D eigenvalue weighted by Crippen LogP contribution is -2.22. The fraction of sp³-hybridized carbons (Fsp3) is 0.143. The highest BCUT2D eigenvalue weighted by molar-refractivity contribution is 7.15. The molecule has 3 aromatic rings. The molecule has 7 heteroatoms. The summed E-state index contributed by atoms with van der Waals surface area (Å²) in [4.78, 5) is 25.2. The summed E-state index contributed by atoms with van der Waals surface area (Å²) in [5, 5.41) is 12.6. The van der Waals surface area contributed by atoms with Gasteiger partial charge in [0.05, 0.1) is 12.8 Å². The number of halogens is 1. The number of anilines is 1. The van der Waals surface area contributed by atoms with Gasteiger partial charge in [-0.15, -0.1) is 11.3 Å². The molecule has 2 aromatic carbocycles. The molecule has 0 bridgehead atoms. The number of carbonyl (C=O) groups is 2. The first kappa shape index (κ1) is 18.2. The van der Waals surface area contributed by atoms with Crippen molar-refractivity contribution in [2.45, 2.75) is 12.3 Å². The van der Waals surface area contributed by atoms with Crippen molar-refractivity contribution in [1.29, 1.82) is 0 Å². The molecule has 0 spiro atoms. The van der Waals surface area contributed by atoms with E-state index in [2.05, 4.69) is 5.32 Å². The van der Waals surface area contributed by atoms with Gasteiger partial charge in [-0.25, -0.2) is 9.18 Å². The summed E-state index contributed by atoms with van der Waals surface area (Å²) in [5.41, 5.74) is 2.31. The molecule has 1 atom stereocenters. The van der Waals surface area contributed by atoms with E-state index in [0.29, 0.717) is 22.6 Å². The maximum Gasteiger partial charge on any atom is 0.346 e. The van der Waals surface area contributed by atoms with E-state index in [4.69, 9.17) is 4.74 Å². The molecule has 1 aromatic heterocycles. The molecule has 0 aliphatic carbocycles. The molecule has 1 aliphatic heterocycles. The van der Waals surface area contributed by atoms with Gasteiger partial charge in [0.1, 0.15) is 16.4 Å². The summed E-state index contributed by atoms with van der Waals surface area (Å²) in [6.45, 7) is 0. The Bertz CT molecular complexity index is 1070. The van der Waals surface area contributed by atoms with Gasteiger partial charge in [0.25, 0.3) is 0 Å². The van der Waals surface area contributed by atoms with Crippen LogP contribution in [0.5, 0.6) is 5.75 Å². The van der Waals surface area contributed by atoms with Gasteiger partial charge in [-0.1, -0.05) is 24.3 Å². The zero-order valence-electron chi connectivity index (χ0n) is 14.9. The van der Waals surface area contributed by atoms with Gasteiger partial charge in [-0.2, -0.15) is 0 Å². The predicted molar refractivity (Wildman–Crippen MR) is 105 cm³/mol. The van der Waals surface area contributed by atoms with Crippen LogP contribution in [-0.2, 0) is 4.79 Å². The first-order chi connectivity index (χ1) is 13.5. The highest BCUT2D eigenvalue weighted by atomic mass is 32.1. The molecule has 5 nitrogen and oxygen atoms in total. The number of carboxylic acids is 1. The van der Waals surface area contributed by atoms with E-state index in [1.54, 1.807) is 7.11 Å². The Hall–Kier alpha value is -3.19. The minimum Gasteiger partial charge on any atom is -0.497 e. The number of nitrogens with one attached hydrogen (secondary N) is 1. The van der Waals surface area contributed by atoms with Gasteiger partial charge >= 0.3 is 5.97 Å². The smallest absolute Gasteiger partial charge is 0.346 e. The lowest BCUT2D eigenvalue weighted by molar-refractivity contribution is -0.116. The van der Waals surface area contributed by atoms with Crippen molar-refractivity contribution in [3.05, 3.63) is 69.7 Å². The molecule has 4 rings (SSSR count). The summed E-state index contributed by atoms with van der Waals surface area (Å²) < 4.78 is 18.6. The molecule has 1 amide bonds. The fourth-order valence-corrected chi connectivity index (χ4v) is 4.70. The maximum atomic E-state index is 13.3. The Kier molecular flexibility index (Phi) is 4.60. The van der Waals surface area contributed by atoms with Gasteiger partial charge in [0.2, 0.25) is 5.91 Å². The van der Waals surface area contributed by atoms with Gasteiger partial charge in [0, 0.05) is 22.8 Å². The second-order valence-electron chi connectivity index (χ2n) is 6.44. The summed E-state index contributed by atoms with van der Waals surface area (Å²) in [7, 11) is 1.57. The van der Waals surface area contributed by atoms with Crippen molar-refractivity contribution in [3.8, 4) is 16.9 Å². The number of carbonyl (C=O) groups excluding carboxylic acids is 1. The van der Waals surface area contributed by atoms with E-state index in [1.165, 1.54) is 24.3 Å². The standard InChI is InChI=1S/C21H16FNO4S/c1-27-14-4-2-3-12(9-14)15-10-16(24)23-18-17(11-5-7-13(22)8-6-11)20(21(25)26)28-19(15)18/h2-9,15H,10H2,1H3,(H,23,24)(H,25,26)/t15-/m0/s1. The van der Waals surface area contributed by atoms with Crippen molar-refractivity contribution in [1.82, 2.24) is 0 Å². The summed E-state index contributed by atoms with van der Waals surface area (Å²) in [6.07, 6.45) is 0.211. The van der Waals surface area contributed by atoms with Crippen LogP contribution >= 0.6 is 11.3 Å². The number of methoxy groups -OCH3 is 1. The number of aromatic carboxylic acids is 1. The van der Waals surface area contributed by atoms with Crippen LogP contribution in [0.15, 0.2) is 48.5 Å². The molecule has 0 saturated heterocycles. The number of hydrogen-bond donors (Lipinski definition) is 2. The highest BCUT2D eigenvalue weighted by Gasteiger charge is 2.34. The molecule has 1 aliphatic rings. The highest BCUT2D eigenvalue weighted by Crippen LogP contribution is 2.49. The fourth-order valence-electron chi connectivity index (χ4n) is 3.46. The van der Waals surface area contributed by atoms with Crippen LogP contribution in [0.25, 0.3) is 11.1 Å². The van der Waals surface area contributed by atoms with E-state index in [-0.39, 0.29) is 23.1 Å². The number of thiophene rings is 1. The summed E-state index contributed by atoms with van der Waals surface area (Å²) in [6, 6.07) is 13.0. The minimum atomic E-state index is -1.09. The monoisotopic (exact) mass is 397 g/mol. The Morgan fingerprint density at radius 2 is 2.00 bits per heavy atom. The quantitative estimate of drug-likeness (QED) is 0.667. The predicted octanol–water partition coefficient (Wildman–Crippen LogP) is 4.74. The molecule has 2 N–H and O–H groups in total. The summed E-state index contributed by atoms with van der Waals surface area (Å²) >= 11 is 1.14. The number of benzene rings is 2. The van der Waals surface area contributed by atoms with Crippen molar-refractivity contribution in [3.63, 3.8) is 0 Å². The second kappa shape index (κ2) is 7.09. The first-order valence-corrected chi connectivity index (χ1v) is 9.39. The Morgan fingerprint density at radius 1 is 1.25 bits per heavy atom. The van der Waals surface area contributed by atoms with E-state index in [9.17, 15) is 19.1 Å². The number of rotatable bonds is 4. The zero-order valence-corrected chi connectivity index (χ0v) is 15.7. The van der Waals surface area contributed by atoms with Crippen molar-refractivity contribution < 1.29 is 23.8 Å². The number of fused-ring (bicyclic) bond motifs is 1. The van der Waals surface area contributed by atoms with Crippen LogP contribution in [0.4, 0.5) is 10.1 Å². The van der Waals surface area contributed by atoms with Gasteiger partial charge in [-0.3, -0.25) is 4.79 Å². The zero-order chi connectivity index (χ0) is 19.8. The molecule has 142 valence electrons. The average Bonchev–Trinajstić information content (AvgIpc) is 3.07. The van der Waals surface area contributed by atoms with Crippen LogP contribution in [-0.4, -0.2) is 24.1 Å².